The number of aliphatic imine (C=N–C) groups is 1. The fraction of sp³-hybridized carbons (Fsp3) is 0.667. The summed E-state index contributed by atoms with van der Waals surface area (Å²) >= 11 is 0. The molecule has 2 aliphatic heterocycles. The second-order valence-corrected chi connectivity index (χ2v) is 6.78. The van der Waals surface area contributed by atoms with Crippen LogP contribution in [0, 0.1) is 0 Å². The van der Waals surface area contributed by atoms with Crippen LogP contribution in [0.2, 0.25) is 0 Å². The van der Waals surface area contributed by atoms with E-state index in [0.717, 1.165) is 50.9 Å². The zero-order chi connectivity index (χ0) is 19.1. The summed E-state index contributed by atoms with van der Waals surface area (Å²) in [4.78, 5) is 34.3. The summed E-state index contributed by atoms with van der Waals surface area (Å²) in [5, 5.41) is 7.28. The van der Waals surface area contributed by atoms with Gasteiger partial charge in [0.05, 0.1) is 12.2 Å². The number of imide groups is 1. The number of hydrogen-bond acceptors (Lipinski definition) is 6. The molecule has 0 aromatic carbocycles. The van der Waals surface area contributed by atoms with Crippen molar-refractivity contribution in [3.8, 4) is 0 Å². The van der Waals surface area contributed by atoms with Gasteiger partial charge in [0.1, 0.15) is 6.26 Å². The highest BCUT2D eigenvalue weighted by molar-refractivity contribution is 5.97. The number of carbonyl (C=O) groups excluding carboxylic acids is 2. The predicted molar refractivity (Wildman–Crippen MR) is 99.9 cm³/mol. The molecule has 1 N–H and O–H groups in total. The maximum atomic E-state index is 11.9. The summed E-state index contributed by atoms with van der Waals surface area (Å²) in [6.45, 7) is 7.96. The number of piperazine rings is 1. The molecule has 148 valence electrons. The lowest BCUT2D eigenvalue weighted by Crippen LogP contribution is -2.52. The Balaban J connectivity index is 1.50. The van der Waals surface area contributed by atoms with Crippen molar-refractivity contribution in [2.45, 2.75) is 32.7 Å². The number of hydrogen-bond donors (Lipinski definition) is 1. The van der Waals surface area contributed by atoms with E-state index in [-0.39, 0.29) is 11.8 Å². The van der Waals surface area contributed by atoms with Crippen molar-refractivity contribution < 1.29 is 14.1 Å². The maximum absolute atomic E-state index is 11.9. The molecule has 0 atom stereocenters. The Kier molecular flexibility index (Phi) is 6.80. The van der Waals surface area contributed by atoms with Gasteiger partial charge in [-0.05, 0) is 13.3 Å². The Morgan fingerprint density at radius 1 is 1.22 bits per heavy atom. The molecule has 1 aromatic heterocycles. The normalized spacial score (nSPS) is 19.7. The van der Waals surface area contributed by atoms with Crippen molar-refractivity contribution in [1.82, 2.24) is 25.2 Å². The van der Waals surface area contributed by atoms with Gasteiger partial charge in [0.15, 0.2) is 5.96 Å². The van der Waals surface area contributed by atoms with Crippen molar-refractivity contribution in [1.29, 1.82) is 0 Å². The van der Waals surface area contributed by atoms with E-state index < -0.39 is 0 Å². The first kappa shape index (κ1) is 19.3. The number of nitrogens with one attached hydrogen (secondary N) is 1. The Morgan fingerprint density at radius 2 is 1.96 bits per heavy atom. The number of nitrogens with zero attached hydrogens (tertiary/aromatic N) is 5. The maximum Gasteiger partial charge on any atom is 0.229 e. The highest BCUT2D eigenvalue weighted by Gasteiger charge is 2.25. The summed E-state index contributed by atoms with van der Waals surface area (Å²) in [6, 6.07) is 1.89. The summed E-state index contributed by atoms with van der Waals surface area (Å²) in [6.07, 6.45) is 3.18. The van der Waals surface area contributed by atoms with E-state index in [1.165, 1.54) is 4.90 Å². The molecule has 0 unspecified atom stereocenters. The van der Waals surface area contributed by atoms with Crippen LogP contribution < -0.4 is 5.32 Å². The number of likely N-dealkylation sites (tertiary alicyclic amines) is 1. The van der Waals surface area contributed by atoms with Crippen LogP contribution in [0.15, 0.2) is 21.8 Å². The van der Waals surface area contributed by atoms with Crippen molar-refractivity contribution >= 4 is 17.8 Å². The Bertz CT molecular complexity index is 636. The second kappa shape index (κ2) is 9.50. The van der Waals surface area contributed by atoms with Crippen molar-refractivity contribution in [3.63, 3.8) is 0 Å². The molecule has 0 saturated carbocycles. The van der Waals surface area contributed by atoms with Gasteiger partial charge in [0.25, 0.3) is 0 Å². The van der Waals surface area contributed by atoms with Crippen LogP contribution in [0.4, 0.5) is 0 Å². The van der Waals surface area contributed by atoms with Crippen LogP contribution in [-0.2, 0) is 16.1 Å². The van der Waals surface area contributed by atoms with Crippen molar-refractivity contribution in [2.75, 3.05) is 45.8 Å². The zero-order valence-electron chi connectivity index (χ0n) is 15.9. The molecule has 2 fully saturated rings. The predicted octanol–water partition coefficient (Wildman–Crippen LogP) is 0.297. The van der Waals surface area contributed by atoms with E-state index in [4.69, 9.17) is 4.52 Å². The molecule has 3 rings (SSSR count). The van der Waals surface area contributed by atoms with Gasteiger partial charge >= 0.3 is 0 Å². The van der Waals surface area contributed by atoms with E-state index in [1.807, 2.05) is 13.0 Å². The molecular weight excluding hydrogens is 348 g/mol. The fourth-order valence-electron chi connectivity index (χ4n) is 3.40. The van der Waals surface area contributed by atoms with Crippen LogP contribution in [0.25, 0.3) is 0 Å². The molecule has 2 aliphatic rings. The molecule has 2 amide bonds. The van der Waals surface area contributed by atoms with Gasteiger partial charge in [0, 0.05) is 64.7 Å². The first-order valence-corrected chi connectivity index (χ1v) is 9.65. The molecule has 0 aliphatic carbocycles. The average Bonchev–Trinajstić information content (AvgIpc) is 3.17. The lowest BCUT2D eigenvalue weighted by atomic mass is 10.1. The molecule has 0 spiro atoms. The van der Waals surface area contributed by atoms with E-state index >= 15 is 0 Å². The number of rotatable bonds is 6. The van der Waals surface area contributed by atoms with Crippen molar-refractivity contribution in [3.05, 3.63) is 18.0 Å². The third-order valence-electron chi connectivity index (χ3n) is 4.85. The topological polar surface area (TPSA) is 94.3 Å². The SMILES string of the molecule is CCNC(=NCCN1C(=O)CCCC1=O)N1CCN(Cc2ccon2)CC1. The number of aromatic nitrogens is 1. The fourth-order valence-corrected chi connectivity index (χ4v) is 3.40. The highest BCUT2D eigenvalue weighted by Crippen LogP contribution is 2.12. The molecule has 0 bridgehead atoms. The summed E-state index contributed by atoms with van der Waals surface area (Å²) in [7, 11) is 0. The molecular formula is C18H28N6O3. The zero-order valence-corrected chi connectivity index (χ0v) is 15.9. The first-order valence-electron chi connectivity index (χ1n) is 9.65. The summed E-state index contributed by atoms with van der Waals surface area (Å²) in [5.74, 6) is 0.691. The molecule has 9 heteroatoms. The molecule has 3 heterocycles. The number of guanidine groups is 1. The molecule has 27 heavy (non-hydrogen) atoms. The number of carbonyl (C=O) groups is 2. The largest absolute Gasteiger partial charge is 0.364 e. The van der Waals surface area contributed by atoms with Crippen LogP contribution in [0.5, 0.6) is 0 Å². The molecule has 1 aromatic rings. The van der Waals surface area contributed by atoms with Gasteiger partial charge in [-0.2, -0.15) is 0 Å². The standard InChI is InChI=1S/C18H28N6O3/c1-2-19-18(20-7-8-24-16(25)4-3-5-17(24)26)23-11-9-22(10-12-23)14-15-6-13-27-21-15/h6,13H,2-5,7-12,14H2,1H3,(H,19,20). The van der Waals surface area contributed by atoms with Gasteiger partial charge in [-0.1, -0.05) is 5.16 Å². The van der Waals surface area contributed by atoms with Crippen LogP contribution >= 0.6 is 0 Å². The lowest BCUT2D eigenvalue weighted by Gasteiger charge is -2.36. The third-order valence-corrected chi connectivity index (χ3v) is 4.85. The van der Waals surface area contributed by atoms with Crippen LogP contribution in [-0.4, -0.2) is 83.4 Å². The van der Waals surface area contributed by atoms with Gasteiger partial charge in [-0.25, -0.2) is 0 Å². The Labute approximate surface area is 159 Å². The quantitative estimate of drug-likeness (QED) is 0.433. The van der Waals surface area contributed by atoms with E-state index in [0.29, 0.717) is 32.4 Å². The minimum atomic E-state index is -0.0760. The smallest absolute Gasteiger partial charge is 0.229 e. The van der Waals surface area contributed by atoms with Gasteiger partial charge in [-0.15, -0.1) is 0 Å². The minimum absolute atomic E-state index is 0.0760. The van der Waals surface area contributed by atoms with Crippen LogP contribution in [0.3, 0.4) is 0 Å². The van der Waals surface area contributed by atoms with Gasteiger partial charge < -0.3 is 14.7 Å². The highest BCUT2D eigenvalue weighted by atomic mass is 16.5. The Hall–Kier alpha value is -2.42. The number of piperidine rings is 1. The lowest BCUT2D eigenvalue weighted by molar-refractivity contribution is -0.147. The molecule has 9 nitrogen and oxygen atoms in total. The van der Waals surface area contributed by atoms with Gasteiger partial charge in [0.2, 0.25) is 11.8 Å². The summed E-state index contributed by atoms with van der Waals surface area (Å²) < 4.78 is 4.89. The summed E-state index contributed by atoms with van der Waals surface area (Å²) in [5.41, 5.74) is 0.944. The van der Waals surface area contributed by atoms with E-state index in [1.54, 1.807) is 6.26 Å². The van der Waals surface area contributed by atoms with Gasteiger partial charge in [-0.3, -0.25) is 24.4 Å². The minimum Gasteiger partial charge on any atom is -0.364 e. The second-order valence-electron chi connectivity index (χ2n) is 6.78. The number of amides is 2. The van der Waals surface area contributed by atoms with E-state index in [2.05, 4.69) is 25.3 Å². The average molecular weight is 376 g/mol. The molecule has 0 radical (unpaired) electrons. The molecule has 2 saturated heterocycles. The monoisotopic (exact) mass is 376 g/mol. The third kappa shape index (κ3) is 5.29. The first-order chi connectivity index (χ1) is 13.2. The van der Waals surface area contributed by atoms with Crippen LogP contribution in [0.1, 0.15) is 31.9 Å². The van der Waals surface area contributed by atoms with E-state index in [9.17, 15) is 9.59 Å². The Morgan fingerprint density at radius 3 is 2.59 bits per heavy atom. The van der Waals surface area contributed by atoms with Crippen molar-refractivity contribution in [2.24, 2.45) is 4.99 Å².